The van der Waals surface area contributed by atoms with Crippen molar-refractivity contribution < 1.29 is 57.2 Å². The molecular weight excluding hydrogens is 602 g/mol. The zero-order valence-electron chi connectivity index (χ0n) is 26.2. The molecule has 2 aliphatic rings. The van der Waals surface area contributed by atoms with Gasteiger partial charge in [0.25, 0.3) is 0 Å². The van der Waals surface area contributed by atoms with Crippen LogP contribution in [0.4, 0.5) is 0 Å². The molecule has 0 aromatic heterocycles. The van der Waals surface area contributed by atoms with E-state index < -0.39 is 67.2 Å². The molecule has 4 rings (SSSR count). The van der Waals surface area contributed by atoms with Crippen LogP contribution in [-0.2, 0) is 52.4 Å². The molecule has 13 heteroatoms. The largest absolute Gasteiger partial charge is 0.463 e. The van der Waals surface area contributed by atoms with Crippen LogP contribution in [-0.4, -0.2) is 73.1 Å². The van der Waals surface area contributed by atoms with Crippen LogP contribution in [0.25, 0.3) is 0 Å². The molecule has 1 aliphatic heterocycles. The summed E-state index contributed by atoms with van der Waals surface area (Å²) in [6.45, 7) is 5.50. The Morgan fingerprint density at radius 1 is 0.696 bits per heavy atom. The van der Waals surface area contributed by atoms with Crippen LogP contribution in [0.5, 0.6) is 0 Å². The van der Waals surface area contributed by atoms with Crippen molar-refractivity contribution in [3.63, 3.8) is 0 Å². The van der Waals surface area contributed by atoms with Crippen molar-refractivity contribution in [2.24, 2.45) is 0 Å². The summed E-state index contributed by atoms with van der Waals surface area (Å²) < 4.78 is 32.6. The van der Waals surface area contributed by atoms with E-state index in [-0.39, 0.29) is 23.4 Å². The predicted molar refractivity (Wildman–Crippen MR) is 158 cm³/mol. The third kappa shape index (κ3) is 8.47. The second kappa shape index (κ2) is 15.0. The molecule has 1 amide bonds. The van der Waals surface area contributed by atoms with Crippen LogP contribution in [0.1, 0.15) is 86.5 Å². The number of nitrogens with one attached hydrogen (secondary N) is 1. The Morgan fingerprint density at radius 3 is 1.87 bits per heavy atom. The van der Waals surface area contributed by atoms with Gasteiger partial charge in [0.05, 0.1) is 11.6 Å². The van der Waals surface area contributed by atoms with Crippen molar-refractivity contribution in [2.45, 2.75) is 90.1 Å². The van der Waals surface area contributed by atoms with E-state index in [1.54, 1.807) is 12.1 Å². The molecule has 13 nitrogen and oxygen atoms in total. The Labute approximate surface area is 265 Å². The lowest BCUT2D eigenvalue weighted by Gasteiger charge is -2.43. The van der Waals surface area contributed by atoms with Gasteiger partial charge in [0, 0.05) is 40.5 Å². The smallest absolute Gasteiger partial charge is 0.340 e. The van der Waals surface area contributed by atoms with Gasteiger partial charge in [-0.2, -0.15) is 0 Å². The molecule has 0 radical (unpaired) electrons. The average molecular weight is 640 g/mol. The molecule has 1 aliphatic carbocycles. The molecular formula is C33H37NO12. The van der Waals surface area contributed by atoms with E-state index in [0.717, 1.165) is 57.2 Å². The van der Waals surface area contributed by atoms with Crippen LogP contribution in [0.15, 0.2) is 48.5 Å². The number of hydrogen-bond acceptors (Lipinski definition) is 12. The first kappa shape index (κ1) is 34.1. The van der Waals surface area contributed by atoms with Crippen molar-refractivity contribution in [1.29, 1.82) is 0 Å². The van der Waals surface area contributed by atoms with Crippen LogP contribution in [0, 0.1) is 0 Å². The van der Waals surface area contributed by atoms with Gasteiger partial charge in [-0.25, -0.2) is 4.79 Å². The van der Waals surface area contributed by atoms with E-state index in [1.165, 1.54) is 6.92 Å². The van der Waals surface area contributed by atoms with E-state index in [2.05, 4.69) is 5.32 Å². The Bertz CT molecular complexity index is 1470. The summed E-state index contributed by atoms with van der Waals surface area (Å²) in [5.74, 6) is -3.98. The lowest BCUT2D eigenvalue weighted by molar-refractivity contribution is -0.294. The van der Waals surface area contributed by atoms with E-state index in [1.807, 2.05) is 36.4 Å². The molecule has 0 saturated carbocycles. The van der Waals surface area contributed by atoms with Crippen molar-refractivity contribution in [3.05, 3.63) is 70.8 Å². The lowest BCUT2D eigenvalue weighted by atomic mass is 9.76. The highest BCUT2D eigenvalue weighted by atomic mass is 16.7. The van der Waals surface area contributed by atoms with E-state index >= 15 is 0 Å². The Morgan fingerprint density at radius 2 is 1.28 bits per heavy atom. The highest BCUT2D eigenvalue weighted by Gasteiger charge is 2.53. The highest BCUT2D eigenvalue weighted by Crippen LogP contribution is 2.41. The molecule has 1 N–H and O–H groups in total. The zero-order chi connectivity index (χ0) is 33.5. The Kier molecular flexibility index (Phi) is 11.1. The molecule has 1 heterocycles. The summed E-state index contributed by atoms with van der Waals surface area (Å²) in [6, 6.07) is 14.6. The van der Waals surface area contributed by atoms with Gasteiger partial charge in [0.1, 0.15) is 12.7 Å². The summed E-state index contributed by atoms with van der Waals surface area (Å²) in [7, 11) is 0. The molecule has 2 aromatic rings. The Hall–Kier alpha value is -4.78. The van der Waals surface area contributed by atoms with Crippen LogP contribution in [0.2, 0.25) is 0 Å². The van der Waals surface area contributed by atoms with Crippen molar-refractivity contribution in [2.75, 3.05) is 6.61 Å². The maximum absolute atomic E-state index is 13.4. The number of carbonyl (C=O) groups is 6. The quantitative estimate of drug-likeness (QED) is 0.315. The number of carbonyl (C=O) groups excluding carboxylic acids is 6. The molecule has 1 fully saturated rings. The molecule has 246 valence electrons. The van der Waals surface area contributed by atoms with Gasteiger partial charge in [0.2, 0.25) is 18.3 Å². The zero-order valence-corrected chi connectivity index (χ0v) is 26.2. The summed E-state index contributed by atoms with van der Waals surface area (Å²) >= 11 is 0. The number of esters is 5. The second-order valence-electron chi connectivity index (χ2n) is 11.1. The predicted octanol–water partition coefficient (Wildman–Crippen LogP) is 3.03. The molecule has 46 heavy (non-hydrogen) atoms. The maximum atomic E-state index is 13.4. The first-order chi connectivity index (χ1) is 21.8. The fourth-order valence-corrected chi connectivity index (χ4v) is 5.84. The second-order valence-corrected chi connectivity index (χ2v) is 11.1. The number of amides is 1. The lowest BCUT2D eigenvalue weighted by Crippen LogP contribution is -2.63. The Balaban J connectivity index is 1.58. The number of benzene rings is 2. The SMILES string of the molecule is CC(=O)NC1CCC(c2ccc(C(=O)O[C@@H]3OC(COC(C)=O)[C@@H](OC(C)=O)C(OC(C)=O)C3OC(C)=O)cc2)c2ccccc21. The van der Waals surface area contributed by atoms with Crippen molar-refractivity contribution in [1.82, 2.24) is 5.32 Å². The third-order valence-corrected chi connectivity index (χ3v) is 7.59. The monoisotopic (exact) mass is 639 g/mol. The van der Waals surface area contributed by atoms with Gasteiger partial charge in [-0.15, -0.1) is 0 Å². The minimum atomic E-state index is -1.64. The van der Waals surface area contributed by atoms with Gasteiger partial charge in [-0.3, -0.25) is 24.0 Å². The fourth-order valence-electron chi connectivity index (χ4n) is 5.84. The van der Waals surface area contributed by atoms with Crippen LogP contribution >= 0.6 is 0 Å². The van der Waals surface area contributed by atoms with Gasteiger partial charge >= 0.3 is 29.8 Å². The number of rotatable bonds is 9. The van der Waals surface area contributed by atoms with Crippen LogP contribution in [0.3, 0.4) is 0 Å². The number of fused-ring (bicyclic) bond motifs is 1. The molecule has 0 spiro atoms. The van der Waals surface area contributed by atoms with Gasteiger partial charge in [-0.1, -0.05) is 36.4 Å². The topological polar surface area (TPSA) is 170 Å². The first-order valence-corrected chi connectivity index (χ1v) is 14.8. The van der Waals surface area contributed by atoms with Crippen LogP contribution < -0.4 is 5.32 Å². The molecule has 7 atom stereocenters. The summed E-state index contributed by atoms with van der Waals surface area (Å²) in [5.41, 5.74) is 3.23. The minimum Gasteiger partial charge on any atom is -0.463 e. The van der Waals surface area contributed by atoms with Crippen molar-refractivity contribution in [3.8, 4) is 0 Å². The normalized spacial score (nSPS) is 25.2. The maximum Gasteiger partial charge on any atom is 0.340 e. The highest BCUT2D eigenvalue weighted by molar-refractivity contribution is 5.89. The average Bonchev–Trinajstić information content (AvgIpc) is 2.98. The molecule has 2 aromatic carbocycles. The van der Waals surface area contributed by atoms with Gasteiger partial charge in [0.15, 0.2) is 12.2 Å². The fraction of sp³-hybridized carbons (Fsp3) is 0.455. The molecule has 1 saturated heterocycles. The standard InChI is InChI=1S/C33H37NO12/c1-17(35)34-27-15-14-24(25-8-6-7-9-26(25)27)22-10-12-23(13-11-22)32(40)46-33-31(44-21(5)39)30(43-20(4)38)29(42-19(3)37)28(45-33)16-41-18(2)36/h6-13,24,27-31,33H,14-16H2,1-5H3,(H,34,35)/t24?,27?,28?,29-,30?,31?,33+/m1/s1. The van der Waals surface area contributed by atoms with E-state index in [9.17, 15) is 28.8 Å². The molecule has 0 bridgehead atoms. The minimum absolute atomic E-state index is 0.0334. The molecule has 5 unspecified atom stereocenters. The van der Waals surface area contributed by atoms with Gasteiger partial charge < -0.3 is 33.7 Å². The van der Waals surface area contributed by atoms with Crippen molar-refractivity contribution >= 4 is 35.8 Å². The van der Waals surface area contributed by atoms with E-state index in [0.29, 0.717) is 0 Å². The first-order valence-electron chi connectivity index (χ1n) is 14.8. The summed E-state index contributed by atoms with van der Waals surface area (Å²) in [6.07, 6.45) is -5.74. The number of ether oxygens (including phenoxy) is 6. The third-order valence-electron chi connectivity index (χ3n) is 7.59. The van der Waals surface area contributed by atoms with Gasteiger partial charge in [-0.05, 0) is 41.7 Å². The summed E-state index contributed by atoms with van der Waals surface area (Å²) in [4.78, 5) is 72.7. The number of hydrogen-bond donors (Lipinski definition) is 1. The summed E-state index contributed by atoms with van der Waals surface area (Å²) in [5, 5.41) is 3.01. The van der Waals surface area contributed by atoms with E-state index in [4.69, 9.17) is 28.4 Å².